The normalized spacial score (nSPS) is 24.9. The molecule has 0 spiro atoms. The lowest BCUT2D eigenvalue weighted by atomic mass is 9.89. The largest absolute Gasteiger partial charge is 0.345 e. The van der Waals surface area contributed by atoms with Crippen molar-refractivity contribution in [2.24, 2.45) is 17.8 Å². The number of fused-ring (bicyclic) bond motifs is 2. The van der Waals surface area contributed by atoms with Crippen molar-refractivity contribution in [3.05, 3.63) is 47.5 Å². The minimum atomic E-state index is -0.126. The van der Waals surface area contributed by atoms with Crippen molar-refractivity contribution in [3.8, 4) is 0 Å². The Labute approximate surface area is 153 Å². The molecule has 6 heteroatoms. The van der Waals surface area contributed by atoms with Crippen molar-refractivity contribution in [2.75, 3.05) is 19.6 Å². The molecule has 1 saturated heterocycles. The van der Waals surface area contributed by atoms with Crippen LogP contribution in [0.1, 0.15) is 34.8 Å². The summed E-state index contributed by atoms with van der Waals surface area (Å²) >= 11 is 0. The second-order valence-corrected chi connectivity index (χ2v) is 8.10. The third-order valence-electron chi connectivity index (χ3n) is 6.05. The van der Waals surface area contributed by atoms with E-state index in [0.29, 0.717) is 24.2 Å². The Morgan fingerprint density at radius 1 is 1.08 bits per heavy atom. The van der Waals surface area contributed by atoms with E-state index in [4.69, 9.17) is 0 Å². The summed E-state index contributed by atoms with van der Waals surface area (Å²) in [6.45, 7) is 5.00. The number of rotatable bonds is 5. The second kappa shape index (κ2) is 6.50. The molecular weight excluding hydrogens is 326 g/mol. The highest BCUT2D eigenvalue weighted by atomic mass is 16.2. The highest BCUT2D eigenvalue weighted by molar-refractivity contribution is 5.90. The monoisotopic (exact) mass is 351 g/mol. The number of amides is 1. The third kappa shape index (κ3) is 3.14. The Bertz CT molecular complexity index is 798. The molecule has 3 heterocycles. The van der Waals surface area contributed by atoms with Gasteiger partial charge in [-0.15, -0.1) is 10.2 Å². The first-order valence-corrected chi connectivity index (χ1v) is 9.73. The third-order valence-corrected chi connectivity index (χ3v) is 6.05. The lowest BCUT2D eigenvalue weighted by Crippen LogP contribution is -2.32. The van der Waals surface area contributed by atoms with Gasteiger partial charge in [0.05, 0.1) is 0 Å². The number of carbonyl (C=O) groups excluding carboxylic acids is 1. The molecule has 5 rings (SSSR count). The van der Waals surface area contributed by atoms with E-state index < -0.39 is 0 Å². The Balaban J connectivity index is 1.25. The lowest BCUT2D eigenvalue weighted by Gasteiger charge is -2.25. The van der Waals surface area contributed by atoms with Crippen LogP contribution in [0.25, 0.3) is 0 Å². The fourth-order valence-corrected chi connectivity index (χ4v) is 4.46. The zero-order chi connectivity index (χ0) is 17.5. The fraction of sp³-hybridized carbons (Fsp3) is 0.550. The fourth-order valence-electron chi connectivity index (χ4n) is 4.46. The molecule has 2 aliphatic heterocycles. The smallest absolute Gasteiger partial charge is 0.289 e. The van der Waals surface area contributed by atoms with Crippen molar-refractivity contribution in [1.29, 1.82) is 0 Å². The molecule has 1 aromatic heterocycles. The summed E-state index contributed by atoms with van der Waals surface area (Å²) in [6.07, 6.45) is 3.76. The first-order valence-electron chi connectivity index (χ1n) is 9.73. The number of likely N-dealkylation sites (tertiary alicyclic amines) is 1. The van der Waals surface area contributed by atoms with Gasteiger partial charge in [-0.1, -0.05) is 30.3 Å². The van der Waals surface area contributed by atoms with Gasteiger partial charge in [-0.2, -0.15) is 0 Å². The first-order chi connectivity index (χ1) is 12.8. The molecule has 1 saturated carbocycles. The Hall–Kier alpha value is -2.21. The van der Waals surface area contributed by atoms with Crippen LogP contribution in [0.2, 0.25) is 0 Å². The molecule has 1 amide bonds. The molecule has 2 aromatic rings. The van der Waals surface area contributed by atoms with E-state index >= 15 is 0 Å². The van der Waals surface area contributed by atoms with E-state index in [0.717, 1.165) is 36.8 Å². The Morgan fingerprint density at radius 3 is 2.69 bits per heavy atom. The van der Waals surface area contributed by atoms with Gasteiger partial charge in [0.15, 0.2) is 0 Å². The number of nitrogens with one attached hydrogen (secondary N) is 1. The molecule has 6 nitrogen and oxygen atoms in total. The number of benzene rings is 1. The van der Waals surface area contributed by atoms with Gasteiger partial charge in [0, 0.05) is 39.1 Å². The first kappa shape index (κ1) is 16.0. The summed E-state index contributed by atoms with van der Waals surface area (Å²) < 4.78 is 2.06. The van der Waals surface area contributed by atoms with Crippen LogP contribution in [0.4, 0.5) is 0 Å². The molecule has 1 aromatic carbocycles. The lowest BCUT2D eigenvalue weighted by molar-refractivity contribution is 0.0932. The standard InChI is InChI=1S/C20H25N5O/c26-20(21-9-14-4-2-1-3-5-14)19-23-22-18-8-16-11-24(10-15-6-7-15)12-17(16)13-25(18)19/h1-5,15-17H,6-13H2,(H,21,26)/t16-,17+/m1/s1. The maximum atomic E-state index is 12.6. The molecule has 26 heavy (non-hydrogen) atoms. The van der Waals surface area contributed by atoms with Crippen molar-refractivity contribution >= 4 is 5.91 Å². The minimum absolute atomic E-state index is 0.126. The minimum Gasteiger partial charge on any atom is -0.345 e. The molecule has 2 fully saturated rings. The highest BCUT2D eigenvalue weighted by Crippen LogP contribution is 2.36. The van der Waals surface area contributed by atoms with Crippen LogP contribution in [0.15, 0.2) is 30.3 Å². The Kier molecular flexibility index (Phi) is 4.00. The molecule has 1 N–H and O–H groups in total. The maximum Gasteiger partial charge on any atom is 0.289 e. The summed E-state index contributed by atoms with van der Waals surface area (Å²) in [5.74, 6) is 3.55. The molecule has 0 unspecified atom stereocenters. The van der Waals surface area contributed by atoms with Crippen LogP contribution in [0, 0.1) is 17.8 Å². The van der Waals surface area contributed by atoms with Crippen LogP contribution < -0.4 is 5.32 Å². The predicted octanol–water partition coefficient (Wildman–Crippen LogP) is 1.72. The quantitative estimate of drug-likeness (QED) is 0.891. The van der Waals surface area contributed by atoms with E-state index in [-0.39, 0.29) is 5.91 Å². The van der Waals surface area contributed by atoms with Crippen LogP contribution in [0.5, 0.6) is 0 Å². The molecule has 3 aliphatic rings. The molecule has 136 valence electrons. The number of hydrogen-bond donors (Lipinski definition) is 1. The van der Waals surface area contributed by atoms with Crippen LogP contribution in [-0.2, 0) is 19.5 Å². The van der Waals surface area contributed by atoms with Gasteiger partial charge in [0.25, 0.3) is 5.91 Å². The van der Waals surface area contributed by atoms with Gasteiger partial charge in [-0.05, 0) is 36.2 Å². The zero-order valence-electron chi connectivity index (χ0n) is 15.0. The van der Waals surface area contributed by atoms with E-state index in [2.05, 4.69) is 25.0 Å². The number of hydrogen-bond acceptors (Lipinski definition) is 4. The molecule has 0 bridgehead atoms. The summed E-state index contributed by atoms with van der Waals surface area (Å²) in [7, 11) is 0. The van der Waals surface area contributed by atoms with E-state index in [1.807, 2.05) is 30.3 Å². The van der Waals surface area contributed by atoms with Crippen LogP contribution in [-0.4, -0.2) is 45.2 Å². The van der Waals surface area contributed by atoms with Crippen molar-refractivity contribution in [3.63, 3.8) is 0 Å². The summed E-state index contributed by atoms with van der Waals surface area (Å²) in [4.78, 5) is 15.2. The number of aromatic nitrogens is 3. The summed E-state index contributed by atoms with van der Waals surface area (Å²) in [5, 5.41) is 11.5. The van der Waals surface area contributed by atoms with Crippen molar-refractivity contribution in [2.45, 2.75) is 32.4 Å². The molecule has 1 aliphatic carbocycles. The van der Waals surface area contributed by atoms with E-state index in [1.165, 1.54) is 25.9 Å². The van der Waals surface area contributed by atoms with E-state index in [1.54, 1.807) is 0 Å². The van der Waals surface area contributed by atoms with Gasteiger partial charge in [0.1, 0.15) is 5.82 Å². The predicted molar refractivity (Wildman–Crippen MR) is 97.5 cm³/mol. The summed E-state index contributed by atoms with van der Waals surface area (Å²) in [6, 6.07) is 9.96. The number of nitrogens with zero attached hydrogens (tertiary/aromatic N) is 4. The van der Waals surface area contributed by atoms with Gasteiger partial charge < -0.3 is 14.8 Å². The van der Waals surface area contributed by atoms with Gasteiger partial charge >= 0.3 is 0 Å². The Morgan fingerprint density at radius 2 is 1.88 bits per heavy atom. The molecular formula is C20H25N5O. The highest BCUT2D eigenvalue weighted by Gasteiger charge is 2.40. The second-order valence-electron chi connectivity index (χ2n) is 8.10. The van der Waals surface area contributed by atoms with Crippen LogP contribution >= 0.6 is 0 Å². The summed E-state index contributed by atoms with van der Waals surface area (Å²) in [5.41, 5.74) is 1.09. The topological polar surface area (TPSA) is 63.1 Å². The van der Waals surface area contributed by atoms with Crippen molar-refractivity contribution in [1.82, 2.24) is 25.0 Å². The SMILES string of the molecule is O=C(NCc1ccccc1)c1nnc2n1C[C@@H]1CN(CC3CC3)C[C@H]1C2. The van der Waals surface area contributed by atoms with E-state index in [9.17, 15) is 4.79 Å². The van der Waals surface area contributed by atoms with Gasteiger partial charge in [-0.3, -0.25) is 4.79 Å². The number of carbonyl (C=O) groups is 1. The van der Waals surface area contributed by atoms with Crippen LogP contribution in [0.3, 0.4) is 0 Å². The average Bonchev–Trinajstić information content (AvgIpc) is 3.24. The zero-order valence-corrected chi connectivity index (χ0v) is 15.0. The average molecular weight is 351 g/mol. The van der Waals surface area contributed by atoms with Crippen molar-refractivity contribution < 1.29 is 4.79 Å². The maximum absolute atomic E-state index is 12.6. The van der Waals surface area contributed by atoms with Gasteiger partial charge in [-0.25, -0.2) is 0 Å². The van der Waals surface area contributed by atoms with Gasteiger partial charge in [0.2, 0.25) is 5.82 Å². The molecule has 0 radical (unpaired) electrons. The molecule has 2 atom stereocenters.